The molecule has 1 aromatic rings. The lowest BCUT2D eigenvalue weighted by Crippen LogP contribution is -2.17. The van der Waals surface area contributed by atoms with Gasteiger partial charge in [-0.2, -0.15) is 0 Å². The molecule has 0 fully saturated rings. The van der Waals surface area contributed by atoms with Gasteiger partial charge in [0.25, 0.3) is 5.69 Å². The number of carboxylic acid groups (broad SMARTS) is 1. The molecule has 0 amide bonds. The SMILES string of the molecule is C=C(C(=O)O)C(=O)ONc1cc(Cl)ccc1[N+](=O)[O-]. The summed E-state index contributed by atoms with van der Waals surface area (Å²) in [5, 5.41) is 19.3. The summed E-state index contributed by atoms with van der Waals surface area (Å²) >= 11 is 5.64. The molecule has 1 aromatic carbocycles. The highest BCUT2D eigenvalue weighted by Crippen LogP contribution is 2.27. The summed E-state index contributed by atoms with van der Waals surface area (Å²) in [7, 11) is 0. The predicted octanol–water partition coefficient (Wildman–Crippen LogP) is 1.76. The zero-order valence-electron chi connectivity index (χ0n) is 9.25. The van der Waals surface area contributed by atoms with E-state index in [9.17, 15) is 19.7 Å². The number of nitrogens with one attached hydrogen (secondary N) is 1. The van der Waals surface area contributed by atoms with Gasteiger partial charge in [-0.1, -0.05) is 18.2 Å². The molecule has 0 unspecified atom stereocenters. The van der Waals surface area contributed by atoms with Crippen molar-refractivity contribution < 1.29 is 24.5 Å². The van der Waals surface area contributed by atoms with Crippen molar-refractivity contribution in [3.05, 3.63) is 45.5 Å². The van der Waals surface area contributed by atoms with Crippen molar-refractivity contribution in [1.82, 2.24) is 0 Å². The molecule has 2 N–H and O–H groups in total. The minimum Gasteiger partial charge on any atom is -0.477 e. The summed E-state index contributed by atoms with van der Waals surface area (Å²) in [5.74, 6) is -2.84. The van der Waals surface area contributed by atoms with E-state index in [1.54, 1.807) is 0 Å². The number of nitrogens with zero attached hydrogens (tertiary/aromatic N) is 1. The van der Waals surface area contributed by atoms with E-state index in [0.717, 1.165) is 12.1 Å². The summed E-state index contributed by atoms with van der Waals surface area (Å²) in [4.78, 5) is 35.9. The number of benzene rings is 1. The first-order chi connectivity index (χ1) is 8.82. The van der Waals surface area contributed by atoms with Crippen LogP contribution in [0.1, 0.15) is 0 Å². The molecular formula is C10H7ClN2O6. The van der Waals surface area contributed by atoms with Crippen LogP contribution in [0.5, 0.6) is 0 Å². The van der Waals surface area contributed by atoms with Crippen LogP contribution in [-0.4, -0.2) is 22.0 Å². The van der Waals surface area contributed by atoms with Crippen LogP contribution in [-0.2, 0) is 14.4 Å². The Morgan fingerprint density at radius 2 is 2.11 bits per heavy atom. The topological polar surface area (TPSA) is 119 Å². The normalized spacial score (nSPS) is 9.53. The lowest BCUT2D eigenvalue weighted by Gasteiger charge is -2.07. The van der Waals surface area contributed by atoms with E-state index in [0.29, 0.717) is 0 Å². The third-order valence-electron chi connectivity index (χ3n) is 1.91. The Hall–Kier alpha value is -2.61. The minimum atomic E-state index is -1.56. The molecule has 0 aromatic heterocycles. The molecule has 9 heteroatoms. The van der Waals surface area contributed by atoms with E-state index >= 15 is 0 Å². The number of anilines is 1. The lowest BCUT2D eigenvalue weighted by atomic mass is 10.3. The van der Waals surface area contributed by atoms with Gasteiger partial charge in [0.2, 0.25) is 0 Å². The molecule has 0 aliphatic rings. The van der Waals surface area contributed by atoms with Crippen LogP contribution in [0.3, 0.4) is 0 Å². The van der Waals surface area contributed by atoms with Gasteiger partial charge in [-0.05, 0) is 12.1 Å². The number of carbonyl (C=O) groups is 2. The van der Waals surface area contributed by atoms with Gasteiger partial charge in [-0.3, -0.25) is 10.1 Å². The highest BCUT2D eigenvalue weighted by Gasteiger charge is 2.19. The number of carboxylic acids is 1. The van der Waals surface area contributed by atoms with Gasteiger partial charge in [0.15, 0.2) is 5.69 Å². The largest absolute Gasteiger partial charge is 0.477 e. The first-order valence-electron chi connectivity index (χ1n) is 4.66. The number of nitro benzene ring substituents is 1. The van der Waals surface area contributed by atoms with E-state index < -0.39 is 28.1 Å². The zero-order valence-corrected chi connectivity index (χ0v) is 10.0. The maximum absolute atomic E-state index is 11.2. The Morgan fingerprint density at radius 1 is 1.47 bits per heavy atom. The number of hydrogen-bond acceptors (Lipinski definition) is 6. The fourth-order valence-corrected chi connectivity index (χ4v) is 1.17. The molecule has 0 saturated carbocycles. The van der Waals surface area contributed by atoms with Gasteiger partial charge in [-0.15, -0.1) is 0 Å². The van der Waals surface area contributed by atoms with Crippen molar-refractivity contribution in [3.63, 3.8) is 0 Å². The van der Waals surface area contributed by atoms with Gasteiger partial charge in [0.05, 0.1) is 4.92 Å². The average Bonchev–Trinajstić information content (AvgIpc) is 2.34. The molecule has 0 aliphatic carbocycles. The third-order valence-corrected chi connectivity index (χ3v) is 2.15. The zero-order chi connectivity index (χ0) is 14.6. The predicted molar refractivity (Wildman–Crippen MR) is 64.6 cm³/mol. The molecule has 1 rings (SSSR count). The van der Waals surface area contributed by atoms with Crippen LogP contribution in [0.15, 0.2) is 30.4 Å². The van der Waals surface area contributed by atoms with Crippen LogP contribution < -0.4 is 5.48 Å². The summed E-state index contributed by atoms with van der Waals surface area (Å²) in [5.41, 5.74) is 0.568. The molecule has 0 radical (unpaired) electrons. The second-order valence-corrected chi connectivity index (χ2v) is 3.63. The van der Waals surface area contributed by atoms with Gasteiger partial charge >= 0.3 is 11.9 Å². The van der Waals surface area contributed by atoms with E-state index in [2.05, 4.69) is 11.4 Å². The monoisotopic (exact) mass is 286 g/mol. The molecule has 0 aliphatic heterocycles. The Balaban J connectivity index is 2.86. The van der Waals surface area contributed by atoms with Crippen LogP contribution in [0.4, 0.5) is 11.4 Å². The molecule has 0 spiro atoms. The molecule has 0 heterocycles. The van der Waals surface area contributed by atoms with E-state index in [4.69, 9.17) is 16.7 Å². The highest BCUT2D eigenvalue weighted by atomic mass is 35.5. The third kappa shape index (κ3) is 3.68. The number of aliphatic carboxylic acids is 1. The number of rotatable bonds is 5. The summed E-state index contributed by atoms with van der Waals surface area (Å²) < 4.78 is 0. The van der Waals surface area contributed by atoms with Crippen molar-refractivity contribution in [3.8, 4) is 0 Å². The first-order valence-corrected chi connectivity index (χ1v) is 5.04. The quantitative estimate of drug-likeness (QED) is 0.278. The standard InChI is InChI=1S/C10H7ClN2O6/c1-5(9(14)15)10(16)19-12-7-4-6(11)2-3-8(7)13(17)18/h2-4,12H,1H2,(H,14,15). The Labute approximate surface area is 111 Å². The van der Waals surface area contributed by atoms with Gasteiger partial charge < -0.3 is 9.94 Å². The molecule has 19 heavy (non-hydrogen) atoms. The fraction of sp³-hybridized carbons (Fsp3) is 0. The number of hydrogen-bond donors (Lipinski definition) is 2. The van der Waals surface area contributed by atoms with Crippen molar-refractivity contribution >= 4 is 34.9 Å². The van der Waals surface area contributed by atoms with E-state index in [1.165, 1.54) is 6.07 Å². The van der Waals surface area contributed by atoms with Gasteiger partial charge in [0.1, 0.15) is 5.57 Å². The smallest absolute Gasteiger partial charge is 0.369 e. The van der Waals surface area contributed by atoms with Crippen LogP contribution in [0, 0.1) is 10.1 Å². The fourth-order valence-electron chi connectivity index (χ4n) is 0.999. The van der Waals surface area contributed by atoms with E-state index in [-0.39, 0.29) is 10.7 Å². The summed E-state index contributed by atoms with van der Waals surface area (Å²) in [6.45, 7) is 2.97. The Morgan fingerprint density at radius 3 is 2.63 bits per heavy atom. The Bertz CT molecular complexity index is 571. The second-order valence-electron chi connectivity index (χ2n) is 3.19. The number of halogens is 1. The second kappa shape index (κ2) is 5.83. The van der Waals surface area contributed by atoms with Crippen molar-refractivity contribution in [2.24, 2.45) is 0 Å². The number of nitro groups is 1. The molecule has 0 bridgehead atoms. The molecule has 0 atom stereocenters. The first kappa shape index (κ1) is 14.5. The molecular weight excluding hydrogens is 280 g/mol. The maximum Gasteiger partial charge on any atom is 0.369 e. The highest BCUT2D eigenvalue weighted by molar-refractivity contribution is 6.31. The average molecular weight is 287 g/mol. The Kier molecular flexibility index (Phi) is 4.43. The van der Waals surface area contributed by atoms with Crippen molar-refractivity contribution in [1.29, 1.82) is 0 Å². The van der Waals surface area contributed by atoms with Gasteiger partial charge in [0, 0.05) is 11.1 Å². The molecule has 8 nitrogen and oxygen atoms in total. The van der Waals surface area contributed by atoms with E-state index in [1.807, 2.05) is 5.48 Å². The summed E-state index contributed by atoms with van der Waals surface area (Å²) in [6, 6.07) is 3.53. The summed E-state index contributed by atoms with van der Waals surface area (Å²) in [6.07, 6.45) is 0. The molecule has 100 valence electrons. The van der Waals surface area contributed by atoms with Crippen molar-refractivity contribution in [2.75, 3.05) is 5.48 Å². The minimum absolute atomic E-state index is 0.168. The van der Waals surface area contributed by atoms with Crippen LogP contribution in [0.2, 0.25) is 5.02 Å². The number of carbonyl (C=O) groups excluding carboxylic acids is 1. The van der Waals surface area contributed by atoms with Gasteiger partial charge in [-0.25, -0.2) is 15.1 Å². The van der Waals surface area contributed by atoms with Crippen molar-refractivity contribution in [2.45, 2.75) is 0 Å². The maximum atomic E-state index is 11.2. The lowest BCUT2D eigenvalue weighted by molar-refractivity contribution is -0.384. The van der Waals surface area contributed by atoms with Crippen LogP contribution in [0.25, 0.3) is 0 Å². The van der Waals surface area contributed by atoms with Crippen LogP contribution >= 0.6 is 11.6 Å². The molecule has 0 saturated heterocycles.